The van der Waals surface area contributed by atoms with E-state index in [4.69, 9.17) is 0 Å². The van der Waals surface area contributed by atoms with Gasteiger partial charge in [0.25, 0.3) is 5.91 Å². The number of amides is 1. The Labute approximate surface area is 157 Å². The van der Waals surface area contributed by atoms with Crippen molar-refractivity contribution in [1.29, 1.82) is 0 Å². The van der Waals surface area contributed by atoms with Gasteiger partial charge in [-0.25, -0.2) is 0 Å². The fourth-order valence-corrected chi connectivity index (χ4v) is 3.76. The van der Waals surface area contributed by atoms with Gasteiger partial charge in [0.05, 0.1) is 11.7 Å². The molecule has 4 nitrogen and oxygen atoms in total. The number of para-hydroxylation sites is 1. The van der Waals surface area contributed by atoms with Crippen LogP contribution in [0.3, 0.4) is 0 Å². The Hall–Kier alpha value is -2.57. The number of hydrogen-bond donors (Lipinski definition) is 1. The lowest BCUT2D eigenvalue weighted by Gasteiger charge is -2.12. The molecule has 4 aromatic rings. The highest BCUT2D eigenvalue weighted by Crippen LogP contribution is 2.35. The van der Waals surface area contributed by atoms with E-state index in [0.717, 1.165) is 32.3 Å². The summed E-state index contributed by atoms with van der Waals surface area (Å²) in [5, 5.41) is 3.00. The van der Waals surface area contributed by atoms with E-state index in [0.29, 0.717) is 5.56 Å². The van der Waals surface area contributed by atoms with Crippen molar-refractivity contribution in [2.45, 2.75) is 0 Å². The van der Waals surface area contributed by atoms with Crippen LogP contribution in [-0.2, 0) is 0 Å². The molecule has 0 saturated heterocycles. The number of hydrogen-bond acceptors (Lipinski definition) is 4. The second kappa shape index (κ2) is 6.74. The summed E-state index contributed by atoms with van der Waals surface area (Å²) >= 11 is 4.68. The fourth-order valence-electron chi connectivity index (χ4n) is 2.66. The van der Waals surface area contributed by atoms with Crippen molar-refractivity contribution in [3.63, 3.8) is 0 Å². The molecule has 25 heavy (non-hydrogen) atoms. The van der Waals surface area contributed by atoms with Crippen molar-refractivity contribution in [3.8, 4) is 11.1 Å². The predicted octanol–water partition coefficient (Wildman–Crippen LogP) is 5.37. The first-order valence-corrected chi connectivity index (χ1v) is 9.13. The molecule has 1 heterocycles. The van der Waals surface area contributed by atoms with Gasteiger partial charge in [-0.05, 0) is 40.2 Å². The van der Waals surface area contributed by atoms with Crippen LogP contribution in [0.4, 0.5) is 5.69 Å². The van der Waals surface area contributed by atoms with E-state index in [1.807, 2.05) is 54.6 Å². The first-order chi connectivity index (χ1) is 12.2. The van der Waals surface area contributed by atoms with Crippen molar-refractivity contribution in [3.05, 3.63) is 76.8 Å². The molecule has 4 rings (SSSR count). The third-order valence-corrected chi connectivity index (χ3v) is 5.04. The number of fused-ring (bicyclic) bond motifs is 1. The summed E-state index contributed by atoms with van der Waals surface area (Å²) in [6.45, 7) is 0. The van der Waals surface area contributed by atoms with Gasteiger partial charge in [0, 0.05) is 26.9 Å². The smallest absolute Gasteiger partial charge is 0.255 e. The zero-order valence-corrected chi connectivity index (χ0v) is 15.3. The van der Waals surface area contributed by atoms with Gasteiger partial charge in [0.1, 0.15) is 11.0 Å². The second-order valence-corrected chi connectivity index (χ2v) is 6.80. The number of nitrogens with zero attached hydrogens (tertiary/aromatic N) is 2. The maximum Gasteiger partial charge on any atom is 0.255 e. The summed E-state index contributed by atoms with van der Waals surface area (Å²) in [5.41, 5.74) is 4.86. The third kappa shape index (κ3) is 3.06. The number of carbonyl (C=O) groups is 1. The summed E-state index contributed by atoms with van der Waals surface area (Å²) in [6.07, 6.45) is 0. The first kappa shape index (κ1) is 15.9. The summed E-state index contributed by atoms with van der Waals surface area (Å²) in [4.78, 5) is 12.5. The maximum absolute atomic E-state index is 12.5. The molecule has 0 bridgehead atoms. The number of rotatable bonds is 3. The van der Waals surface area contributed by atoms with Gasteiger partial charge < -0.3 is 5.32 Å². The topological polar surface area (TPSA) is 54.9 Å². The van der Waals surface area contributed by atoms with E-state index < -0.39 is 0 Å². The lowest BCUT2D eigenvalue weighted by Crippen LogP contribution is -2.12. The summed E-state index contributed by atoms with van der Waals surface area (Å²) in [6, 6.07) is 20.8. The number of anilines is 1. The first-order valence-electron chi connectivity index (χ1n) is 7.60. The van der Waals surface area contributed by atoms with Crippen LogP contribution < -0.4 is 5.32 Å². The molecule has 0 aliphatic carbocycles. The molecule has 1 amide bonds. The number of halogens is 1. The highest BCUT2D eigenvalue weighted by atomic mass is 79.9. The van der Waals surface area contributed by atoms with Crippen LogP contribution in [0.15, 0.2) is 71.2 Å². The normalized spacial score (nSPS) is 10.8. The van der Waals surface area contributed by atoms with E-state index in [-0.39, 0.29) is 5.91 Å². The average Bonchev–Trinajstić information content (AvgIpc) is 3.14. The van der Waals surface area contributed by atoms with Crippen molar-refractivity contribution >= 4 is 50.3 Å². The summed E-state index contributed by atoms with van der Waals surface area (Å²) in [7, 11) is 0. The second-order valence-electron chi connectivity index (χ2n) is 5.42. The van der Waals surface area contributed by atoms with Crippen LogP contribution in [0.2, 0.25) is 0 Å². The lowest BCUT2D eigenvalue weighted by atomic mass is 10.0. The Bertz CT molecular complexity index is 1060. The SMILES string of the molecule is O=C(Nc1ccccc1-c1ccc(Br)c2nsnc12)c1ccccc1. The van der Waals surface area contributed by atoms with Crippen LogP contribution >= 0.6 is 27.7 Å². The predicted molar refractivity (Wildman–Crippen MR) is 105 cm³/mol. The molecule has 0 radical (unpaired) electrons. The molecular weight excluding hydrogens is 398 g/mol. The molecule has 0 fully saturated rings. The van der Waals surface area contributed by atoms with Gasteiger partial charge in [-0.1, -0.05) is 42.5 Å². The molecule has 6 heteroatoms. The zero-order chi connectivity index (χ0) is 17.2. The third-order valence-electron chi connectivity index (χ3n) is 3.87. The minimum Gasteiger partial charge on any atom is -0.321 e. The van der Waals surface area contributed by atoms with Gasteiger partial charge in [-0.2, -0.15) is 8.75 Å². The van der Waals surface area contributed by atoms with Gasteiger partial charge >= 0.3 is 0 Å². The van der Waals surface area contributed by atoms with E-state index >= 15 is 0 Å². The molecule has 0 atom stereocenters. The van der Waals surface area contributed by atoms with Crippen LogP contribution in [0.1, 0.15) is 10.4 Å². The molecule has 0 aliphatic heterocycles. The zero-order valence-electron chi connectivity index (χ0n) is 12.9. The number of aromatic nitrogens is 2. The molecule has 122 valence electrons. The Balaban J connectivity index is 1.78. The molecule has 1 N–H and O–H groups in total. The van der Waals surface area contributed by atoms with E-state index in [1.165, 1.54) is 11.7 Å². The van der Waals surface area contributed by atoms with Gasteiger partial charge in [0.2, 0.25) is 0 Å². The van der Waals surface area contributed by atoms with Crippen LogP contribution in [-0.4, -0.2) is 14.7 Å². The monoisotopic (exact) mass is 409 g/mol. The van der Waals surface area contributed by atoms with Gasteiger partial charge in [0.15, 0.2) is 0 Å². The Morgan fingerprint density at radius 1 is 0.840 bits per heavy atom. The molecule has 0 saturated carbocycles. The minimum atomic E-state index is -0.141. The molecule has 3 aromatic carbocycles. The summed E-state index contributed by atoms with van der Waals surface area (Å²) < 4.78 is 9.67. The Morgan fingerprint density at radius 2 is 1.56 bits per heavy atom. The molecular formula is C19H12BrN3OS. The van der Waals surface area contributed by atoms with Crippen molar-refractivity contribution in [2.24, 2.45) is 0 Å². The van der Waals surface area contributed by atoms with Crippen LogP contribution in [0.5, 0.6) is 0 Å². The molecule has 1 aromatic heterocycles. The van der Waals surface area contributed by atoms with Crippen molar-refractivity contribution < 1.29 is 4.79 Å². The van der Waals surface area contributed by atoms with Crippen molar-refractivity contribution in [2.75, 3.05) is 5.32 Å². The van der Waals surface area contributed by atoms with E-state index in [1.54, 1.807) is 12.1 Å². The van der Waals surface area contributed by atoms with E-state index in [2.05, 4.69) is 30.0 Å². The molecule has 0 unspecified atom stereocenters. The highest BCUT2D eigenvalue weighted by molar-refractivity contribution is 9.10. The van der Waals surface area contributed by atoms with Crippen LogP contribution in [0.25, 0.3) is 22.2 Å². The number of nitrogens with one attached hydrogen (secondary N) is 1. The largest absolute Gasteiger partial charge is 0.321 e. The van der Waals surface area contributed by atoms with Crippen molar-refractivity contribution in [1.82, 2.24) is 8.75 Å². The van der Waals surface area contributed by atoms with Gasteiger partial charge in [-0.3, -0.25) is 4.79 Å². The van der Waals surface area contributed by atoms with Crippen LogP contribution in [0, 0.1) is 0 Å². The average molecular weight is 410 g/mol. The van der Waals surface area contributed by atoms with E-state index in [9.17, 15) is 4.79 Å². The molecule has 0 spiro atoms. The Kier molecular flexibility index (Phi) is 4.29. The standard InChI is InChI=1S/C19H12BrN3OS/c20-15-11-10-14(17-18(15)23-25-22-17)13-8-4-5-9-16(13)21-19(24)12-6-2-1-3-7-12/h1-11H,(H,21,24). The Morgan fingerprint density at radius 3 is 2.40 bits per heavy atom. The quantitative estimate of drug-likeness (QED) is 0.494. The number of benzene rings is 3. The minimum absolute atomic E-state index is 0.141. The van der Waals surface area contributed by atoms with Gasteiger partial charge in [-0.15, -0.1) is 0 Å². The fraction of sp³-hybridized carbons (Fsp3) is 0. The maximum atomic E-state index is 12.5. The lowest BCUT2D eigenvalue weighted by molar-refractivity contribution is 0.102. The number of carbonyl (C=O) groups excluding carboxylic acids is 1. The molecule has 0 aliphatic rings. The highest BCUT2D eigenvalue weighted by Gasteiger charge is 2.15. The summed E-state index contributed by atoms with van der Waals surface area (Å²) in [5.74, 6) is -0.141.